The van der Waals surface area contributed by atoms with Gasteiger partial charge in [0.25, 0.3) is 0 Å². The Balaban J connectivity index is 2.75. The van der Waals surface area contributed by atoms with Gasteiger partial charge in [-0.05, 0) is 24.0 Å². The summed E-state index contributed by atoms with van der Waals surface area (Å²) in [5.74, 6) is -0.360. The highest BCUT2D eigenvalue weighted by Gasteiger charge is 2.15. The number of esters is 1. The van der Waals surface area contributed by atoms with Crippen LogP contribution in [-0.2, 0) is 22.4 Å². The van der Waals surface area contributed by atoms with E-state index < -0.39 is 6.04 Å². The summed E-state index contributed by atoms with van der Waals surface area (Å²) in [6, 6.07) is 7.44. The first kappa shape index (κ1) is 11.7. The quantitative estimate of drug-likeness (QED) is 0.757. The average Bonchev–Trinajstić information content (AvgIpc) is 2.28. The molecule has 1 aromatic rings. The smallest absolute Gasteiger partial charge is 0.322 e. The van der Waals surface area contributed by atoms with E-state index in [2.05, 4.69) is 17.7 Å². The highest BCUT2D eigenvalue weighted by molar-refractivity contribution is 5.75. The van der Waals surface area contributed by atoms with E-state index in [1.54, 1.807) is 0 Å². The lowest BCUT2D eigenvalue weighted by molar-refractivity contribution is -0.142. The summed E-state index contributed by atoms with van der Waals surface area (Å²) in [4.78, 5) is 11.2. The van der Waals surface area contributed by atoms with Gasteiger partial charge in [0.05, 0.1) is 7.11 Å². The number of hydrogen-bond donors (Lipinski definition) is 1. The van der Waals surface area contributed by atoms with Crippen LogP contribution in [0.4, 0.5) is 0 Å². The fourth-order valence-corrected chi connectivity index (χ4v) is 1.57. The molecule has 0 aromatic heterocycles. The van der Waals surface area contributed by atoms with Gasteiger partial charge in [-0.1, -0.05) is 31.2 Å². The van der Waals surface area contributed by atoms with E-state index in [1.165, 1.54) is 12.7 Å². The van der Waals surface area contributed by atoms with E-state index in [-0.39, 0.29) is 5.97 Å². The molecule has 15 heavy (non-hydrogen) atoms. The summed E-state index contributed by atoms with van der Waals surface area (Å²) in [6.07, 6.45) is 1.49. The minimum atomic E-state index is -0.567. The highest BCUT2D eigenvalue weighted by atomic mass is 16.5. The van der Waals surface area contributed by atoms with Crippen molar-refractivity contribution in [2.75, 3.05) is 7.11 Å². The van der Waals surface area contributed by atoms with E-state index in [1.807, 2.05) is 18.2 Å². The Morgan fingerprint density at radius 1 is 1.40 bits per heavy atom. The molecule has 0 amide bonds. The van der Waals surface area contributed by atoms with Gasteiger partial charge >= 0.3 is 5.97 Å². The number of carbonyl (C=O) groups excluding carboxylic acids is 1. The van der Waals surface area contributed by atoms with E-state index in [9.17, 15) is 4.79 Å². The maximum absolute atomic E-state index is 11.2. The van der Waals surface area contributed by atoms with Crippen LogP contribution >= 0.6 is 0 Å². The van der Waals surface area contributed by atoms with Gasteiger partial charge in [-0.25, -0.2) is 0 Å². The third kappa shape index (κ3) is 3.06. The van der Waals surface area contributed by atoms with Gasteiger partial charge in [0.1, 0.15) is 6.04 Å². The Labute approximate surface area is 90.2 Å². The fraction of sp³-hybridized carbons (Fsp3) is 0.417. The number of methoxy groups -OCH3 is 1. The van der Waals surface area contributed by atoms with Gasteiger partial charge in [-0.15, -0.1) is 0 Å². The lowest BCUT2D eigenvalue weighted by Crippen LogP contribution is -2.33. The number of hydrogen-bond acceptors (Lipinski definition) is 3. The molecule has 1 aromatic carbocycles. The summed E-state index contributed by atoms with van der Waals surface area (Å²) in [6.45, 7) is 2.09. The third-order valence-electron chi connectivity index (χ3n) is 2.44. The molecule has 0 aliphatic carbocycles. The van der Waals surface area contributed by atoms with Gasteiger partial charge in [0.2, 0.25) is 0 Å². The Bertz CT molecular complexity index is 336. The molecule has 0 saturated heterocycles. The Kier molecular flexibility index (Phi) is 4.31. The summed E-state index contributed by atoms with van der Waals surface area (Å²) in [5.41, 5.74) is 8.07. The molecule has 1 rings (SSSR count). The van der Waals surface area contributed by atoms with Gasteiger partial charge in [0, 0.05) is 0 Å². The van der Waals surface area contributed by atoms with Crippen LogP contribution in [0, 0.1) is 0 Å². The third-order valence-corrected chi connectivity index (χ3v) is 2.44. The summed E-state index contributed by atoms with van der Waals surface area (Å²) >= 11 is 0. The van der Waals surface area contributed by atoms with Crippen LogP contribution in [0.1, 0.15) is 18.1 Å². The van der Waals surface area contributed by atoms with Crippen LogP contribution in [0.3, 0.4) is 0 Å². The molecule has 0 heterocycles. The van der Waals surface area contributed by atoms with Crippen molar-refractivity contribution >= 4 is 5.97 Å². The van der Waals surface area contributed by atoms with Crippen molar-refractivity contribution in [2.24, 2.45) is 5.73 Å². The number of benzene rings is 1. The second kappa shape index (κ2) is 5.51. The Morgan fingerprint density at radius 3 is 2.53 bits per heavy atom. The van der Waals surface area contributed by atoms with Gasteiger partial charge in [-0.3, -0.25) is 4.79 Å². The second-order valence-corrected chi connectivity index (χ2v) is 3.46. The molecule has 0 saturated carbocycles. The van der Waals surface area contributed by atoms with Crippen molar-refractivity contribution < 1.29 is 9.53 Å². The fourth-order valence-electron chi connectivity index (χ4n) is 1.57. The SMILES string of the molecule is CCc1ccccc1C[C@@H](N)C(=O)OC. The first-order valence-electron chi connectivity index (χ1n) is 5.09. The zero-order valence-corrected chi connectivity index (χ0v) is 9.19. The first-order valence-corrected chi connectivity index (χ1v) is 5.09. The van der Waals surface area contributed by atoms with Crippen molar-refractivity contribution in [1.29, 1.82) is 0 Å². The van der Waals surface area contributed by atoms with Crippen molar-refractivity contribution in [3.63, 3.8) is 0 Å². The number of carbonyl (C=O) groups is 1. The van der Waals surface area contributed by atoms with E-state index in [0.717, 1.165) is 12.0 Å². The first-order chi connectivity index (χ1) is 7.19. The van der Waals surface area contributed by atoms with Gasteiger partial charge < -0.3 is 10.5 Å². The number of ether oxygens (including phenoxy) is 1. The summed E-state index contributed by atoms with van der Waals surface area (Å²) < 4.78 is 4.59. The molecule has 2 N–H and O–H groups in total. The van der Waals surface area contributed by atoms with Gasteiger partial charge in [-0.2, -0.15) is 0 Å². The Hall–Kier alpha value is -1.35. The molecule has 0 bridgehead atoms. The highest BCUT2D eigenvalue weighted by Crippen LogP contribution is 2.11. The molecule has 0 spiro atoms. The zero-order valence-electron chi connectivity index (χ0n) is 9.19. The minimum absolute atomic E-state index is 0.360. The van der Waals surface area contributed by atoms with Crippen molar-refractivity contribution in [3.8, 4) is 0 Å². The second-order valence-electron chi connectivity index (χ2n) is 3.46. The molecule has 1 atom stereocenters. The van der Waals surface area contributed by atoms with E-state index in [4.69, 9.17) is 5.73 Å². The predicted octanol–water partition coefficient (Wildman–Crippen LogP) is 1.29. The lowest BCUT2D eigenvalue weighted by Gasteiger charge is -2.12. The molecular formula is C12H17NO2. The van der Waals surface area contributed by atoms with Gasteiger partial charge in [0.15, 0.2) is 0 Å². The van der Waals surface area contributed by atoms with Crippen LogP contribution in [0.5, 0.6) is 0 Å². The number of nitrogens with two attached hydrogens (primary N) is 1. The van der Waals surface area contributed by atoms with Crippen LogP contribution in [-0.4, -0.2) is 19.1 Å². The number of aryl methyl sites for hydroxylation is 1. The van der Waals surface area contributed by atoms with Crippen LogP contribution in [0.15, 0.2) is 24.3 Å². The minimum Gasteiger partial charge on any atom is -0.468 e. The van der Waals surface area contributed by atoms with Crippen LogP contribution in [0.25, 0.3) is 0 Å². The standard InChI is InChI=1S/C12H17NO2/c1-3-9-6-4-5-7-10(9)8-11(13)12(14)15-2/h4-7,11H,3,8,13H2,1-2H3/t11-/m1/s1. The van der Waals surface area contributed by atoms with E-state index in [0.29, 0.717) is 6.42 Å². The molecule has 0 unspecified atom stereocenters. The molecule has 0 aliphatic rings. The monoisotopic (exact) mass is 207 g/mol. The number of rotatable bonds is 4. The maximum Gasteiger partial charge on any atom is 0.322 e. The van der Waals surface area contributed by atoms with E-state index >= 15 is 0 Å². The van der Waals surface area contributed by atoms with Crippen LogP contribution < -0.4 is 5.73 Å². The normalized spacial score (nSPS) is 12.2. The van der Waals surface area contributed by atoms with Crippen molar-refractivity contribution in [1.82, 2.24) is 0 Å². The predicted molar refractivity (Wildman–Crippen MR) is 59.5 cm³/mol. The molecular weight excluding hydrogens is 190 g/mol. The zero-order chi connectivity index (χ0) is 11.3. The average molecular weight is 207 g/mol. The lowest BCUT2D eigenvalue weighted by atomic mass is 9.99. The molecule has 0 fully saturated rings. The summed E-state index contributed by atoms with van der Waals surface area (Å²) in [5, 5.41) is 0. The molecule has 82 valence electrons. The molecule has 3 nitrogen and oxygen atoms in total. The summed E-state index contributed by atoms with van der Waals surface area (Å²) in [7, 11) is 1.36. The van der Waals surface area contributed by atoms with Crippen LogP contribution in [0.2, 0.25) is 0 Å². The molecule has 3 heteroatoms. The molecule has 0 radical (unpaired) electrons. The maximum atomic E-state index is 11.2. The Morgan fingerprint density at radius 2 is 2.00 bits per heavy atom. The molecule has 0 aliphatic heterocycles. The largest absolute Gasteiger partial charge is 0.468 e. The van der Waals surface area contributed by atoms with Crippen molar-refractivity contribution in [3.05, 3.63) is 35.4 Å². The topological polar surface area (TPSA) is 52.3 Å². The van der Waals surface area contributed by atoms with Crippen molar-refractivity contribution in [2.45, 2.75) is 25.8 Å².